The Balaban J connectivity index is 2.24. The average Bonchev–Trinajstić information content (AvgIpc) is 2.42. The number of nitrogens with one attached hydrogen (secondary N) is 2. The third-order valence-electron chi connectivity index (χ3n) is 2.72. The molecule has 0 amide bonds. The molecule has 0 atom stereocenters. The molecule has 0 fully saturated rings. The molecule has 2 N–H and O–H groups in total. The van der Waals surface area contributed by atoms with Crippen molar-refractivity contribution in [3.05, 3.63) is 50.4 Å². The standard InChI is InChI=1S/C14H15Cl2N3O2/c1-21-3-2-17-8-12-7-13(20)19-14(18-12)9-4-10(15)6-11(16)5-9/h4-7,17H,2-3,8H2,1H3,(H,18,19,20). The Morgan fingerprint density at radius 2 is 1.95 bits per heavy atom. The molecular formula is C14H15Cl2N3O2. The number of aromatic nitrogens is 2. The van der Waals surface area contributed by atoms with Crippen molar-refractivity contribution in [1.82, 2.24) is 15.3 Å². The van der Waals surface area contributed by atoms with Gasteiger partial charge in [0.05, 0.1) is 12.3 Å². The molecule has 0 unspecified atom stereocenters. The molecule has 0 aliphatic heterocycles. The van der Waals surface area contributed by atoms with Gasteiger partial charge in [-0.3, -0.25) is 4.79 Å². The number of H-pyrrole nitrogens is 1. The highest BCUT2D eigenvalue weighted by molar-refractivity contribution is 6.35. The first kappa shape index (κ1) is 16.0. The summed E-state index contributed by atoms with van der Waals surface area (Å²) < 4.78 is 4.94. The van der Waals surface area contributed by atoms with Crippen LogP contribution in [0.3, 0.4) is 0 Å². The van der Waals surface area contributed by atoms with Crippen molar-refractivity contribution >= 4 is 23.2 Å². The molecule has 1 aromatic heterocycles. The largest absolute Gasteiger partial charge is 0.383 e. The topological polar surface area (TPSA) is 67.0 Å². The maximum atomic E-state index is 11.7. The Morgan fingerprint density at radius 3 is 2.62 bits per heavy atom. The summed E-state index contributed by atoms with van der Waals surface area (Å²) in [5.41, 5.74) is 1.09. The smallest absolute Gasteiger partial charge is 0.251 e. The van der Waals surface area contributed by atoms with Crippen molar-refractivity contribution in [3.63, 3.8) is 0 Å². The zero-order chi connectivity index (χ0) is 15.2. The van der Waals surface area contributed by atoms with Crippen LogP contribution in [0, 0.1) is 0 Å². The summed E-state index contributed by atoms with van der Waals surface area (Å²) in [7, 11) is 1.63. The van der Waals surface area contributed by atoms with Crippen LogP contribution in [0.25, 0.3) is 11.4 Å². The van der Waals surface area contributed by atoms with E-state index in [1.807, 2.05) is 0 Å². The molecule has 0 bridgehead atoms. The van der Waals surface area contributed by atoms with E-state index in [4.69, 9.17) is 27.9 Å². The molecule has 0 radical (unpaired) electrons. The molecule has 7 heteroatoms. The van der Waals surface area contributed by atoms with E-state index in [9.17, 15) is 4.79 Å². The predicted molar refractivity (Wildman–Crippen MR) is 83.9 cm³/mol. The van der Waals surface area contributed by atoms with Gasteiger partial charge >= 0.3 is 0 Å². The number of benzene rings is 1. The maximum Gasteiger partial charge on any atom is 0.251 e. The van der Waals surface area contributed by atoms with Crippen LogP contribution in [0.5, 0.6) is 0 Å². The van der Waals surface area contributed by atoms with Gasteiger partial charge in [0.1, 0.15) is 5.82 Å². The molecule has 21 heavy (non-hydrogen) atoms. The Kier molecular flexibility index (Phi) is 5.76. The predicted octanol–water partition coefficient (Wildman–Crippen LogP) is 2.48. The molecule has 1 heterocycles. The highest BCUT2D eigenvalue weighted by Crippen LogP contribution is 2.24. The average molecular weight is 328 g/mol. The molecule has 0 aliphatic rings. The molecule has 0 aliphatic carbocycles. The summed E-state index contributed by atoms with van der Waals surface area (Å²) in [5.74, 6) is 0.440. The number of nitrogens with zero attached hydrogens (tertiary/aromatic N) is 1. The lowest BCUT2D eigenvalue weighted by atomic mass is 10.2. The highest BCUT2D eigenvalue weighted by Gasteiger charge is 2.06. The molecule has 2 rings (SSSR count). The number of rotatable bonds is 6. The number of hydrogen-bond donors (Lipinski definition) is 2. The van der Waals surface area contributed by atoms with Gasteiger partial charge in [0.2, 0.25) is 0 Å². The molecule has 0 saturated heterocycles. The van der Waals surface area contributed by atoms with E-state index in [2.05, 4.69) is 15.3 Å². The SMILES string of the molecule is COCCNCc1cc(=O)[nH]c(-c2cc(Cl)cc(Cl)c2)n1. The molecular weight excluding hydrogens is 313 g/mol. The van der Waals surface area contributed by atoms with Gasteiger partial charge in [0.15, 0.2) is 0 Å². The number of ether oxygens (including phenoxy) is 1. The van der Waals surface area contributed by atoms with E-state index >= 15 is 0 Å². The number of halogens is 2. The van der Waals surface area contributed by atoms with Gasteiger partial charge in [-0.25, -0.2) is 4.98 Å². The molecule has 1 aromatic carbocycles. The first-order valence-electron chi connectivity index (χ1n) is 6.35. The number of aromatic amines is 1. The van der Waals surface area contributed by atoms with Crippen LogP contribution in [0.1, 0.15) is 5.69 Å². The van der Waals surface area contributed by atoms with E-state index in [0.29, 0.717) is 46.8 Å². The van der Waals surface area contributed by atoms with E-state index in [1.54, 1.807) is 25.3 Å². The first-order valence-corrected chi connectivity index (χ1v) is 7.10. The lowest BCUT2D eigenvalue weighted by Gasteiger charge is -2.07. The van der Waals surface area contributed by atoms with Gasteiger partial charge in [0.25, 0.3) is 5.56 Å². The lowest BCUT2D eigenvalue weighted by Crippen LogP contribution is -2.21. The number of hydrogen-bond acceptors (Lipinski definition) is 4. The number of methoxy groups -OCH3 is 1. The van der Waals surface area contributed by atoms with Crippen LogP contribution in [-0.2, 0) is 11.3 Å². The minimum Gasteiger partial charge on any atom is -0.383 e. The van der Waals surface area contributed by atoms with Crippen LogP contribution in [0.15, 0.2) is 29.1 Å². The molecule has 2 aromatic rings. The van der Waals surface area contributed by atoms with Crippen LogP contribution < -0.4 is 10.9 Å². The fourth-order valence-electron chi connectivity index (χ4n) is 1.82. The minimum absolute atomic E-state index is 0.223. The van der Waals surface area contributed by atoms with Crippen molar-refractivity contribution in [2.75, 3.05) is 20.3 Å². The minimum atomic E-state index is -0.223. The highest BCUT2D eigenvalue weighted by atomic mass is 35.5. The summed E-state index contributed by atoms with van der Waals surface area (Å²) >= 11 is 11.9. The summed E-state index contributed by atoms with van der Waals surface area (Å²) in [6, 6.07) is 6.48. The normalized spacial score (nSPS) is 10.8. The Hall–Kier alpha value is -1.40. The molecule has 112 valence electrons. The third-order valence-corrected chi connectivity index (χ3v) is 3.16. The van der Waals surface area contributed by atoms with Crippen molar-refractivity contribution < 1.29 is 4.74 Å². The second kappa shape index (κ2) is 7.56. The molecule has 0 spiro atoms. The van der Waals surface area contributed by atoms with Gasteiger partial charge in [-0.15, -0.1) is 0 Å². The van der Waals surface area contributed by atoms with Crippen LogP contribution in [-0.4, -0.2) is 30.2 Å². The van der Waals surface area contributed by atoms with E-state index in [1.165, 1.54) is 6.07 Å². The van der Waals surface area contributed by atoms with Gasteiger partial charge in [-0.2, -0.15) is 0 Å². The fraction of sp³-hybridized carbons (Fsp3) is 0.286. The molecule has 0 saturated carbocycles. The van der Waals surface area contributed by atoms with Crippen LogP contribution >= 0.6 is 23.2 Å². The quantitative estimate of drug-likeness (QED) is 0.800. The second-order valence-corrected chi connectivity index (χ2v) is 5.29. The zero-order valence-electron chi connectivity index (χ0n) is 11.5. The monoisotopic (exact) mass is 327 g/mol. The van der Waals surface area contributed by atoms with E-state index < -0.39 is 0 Å². The van der Waals surface area contributed by atoms with E-state index in [0.717, 1.165) is 0 Å². The maximum absolute atomic E-state index is 11.7. The fourth-order valence-corrected chi connectivity index (χ4v) is 2.34. The van der Waals surface area contributed by atoms with E-state index in [-0.39, 0.29) is 5.56 Å². The zero-order valence-corrected chi connectivity index (χ0v) is 13.0. The lowest BCUT2D eigenvalue weighted by molar-refractivity contribution is 0.199. The van der Waals surface area contributed by atoms with Gasteiger partial charge in [-0.1, -0.05) is 23.2 Å². The van der Waals surface area contributed by atoms with Crippen molar-refractivity contribution in [1.29, 1.82) is 0 Å². The van der Waals surface area contributed by atoms with Gasteiger partial charge in [0, 0.05) is 41.9 Å². The van der Waals surface area contributed by atoms with Gasteiger partial charge < -0.3 is 15.0 Å². The summed E-state index contributed by atoms with van der Waals surface area (Å²) in [4.78, 5) is 18.8. The Morgan fingerprint density at radius 1 is 1.24 bits per heavy atom. The van der Waals surface area contributed by atoms with Crippen molar-refractivity contribution in [2.24, 2.45) is 0 Å². The van der Waals surface area contributed by atoms with Crippen LogP contribution in [0.2, 0.25) is 10.0 Å². The third kappa shape index (κ3) is 4.82. The first-order chi connectivity index (χ1) is 10.1. The van der Waals surface area contributed by atoms with Crippen molar-refractivity contribution in [2.45, 2.75) is 6.54 Å². The Bertz CT molecular complexity index is 653. The van der Waals surface area contributed by atoms with Crippen LogP contribution in [0.4, 0.5) is 0 Å². The summed E-state index contributed by atoms with van der Waals surface area (Å²) in [6.07, 6.45) is 0. The van der Waals surface area contributed by atoms with Gasteiger partial charge in [-0.05, 0) is 18.2 Å². The Labute approximate surface area is 132 Å². The second-order valence-electron chi connectivity index (χ2n) is 4.41. The molecule has 5 nitrogen and oxygen atoms in total. The summed E-state index contributed by atoms with van der Waals surface area (Å²) in [5, 5.41) is 4.12. The van der Waals surface area contributed by atoms with Crippen molar-refractivity contribution in [3.8, 4) is 11.4 Å². The summed E-state index contributed by atoms with van der Waals surface area (Å²) in [6.45, 7) is 1.76.